The van der Waals surface area contributed by atoms with Crippen molar-refractivity contribution in [1.82, 2.24) is 14.9 Å². The second-order valence-electron chi connectivity index (χ2n) is 6.93. The van der Waals surface area contributed by atoms with E-state index >= 15 is 0 Å². The van der Waals surface area contributed by atoms with Crippen LogP contribution in [0.1, 0.15) is 48.1 Å². The standard InChI is InChI=1S/C17H25N3O2S2/c1-10-5-7-14(8-6-10)20-24(21,22)17-13(4)23-12(3)16(17)15-9-11(2)18-19-15/h9-10,14,20H,5-8H2,1-4H3,(H,18,19). The van der Waals surface area contributed by atoms with Gasteiger partial charge in [-0.2, -0.15) is 5.10 Å². The van der Waals surface area contributed by atoms with Crippen molar-refractivity contribution in [3.63, 3.8) is 0 Å². The summed E-state index contributed by atoms with van der Waals surface area (Å²) in [5, 5.41) is 7.19. The van der Waals surface area contributed by atoms with E-state index in [4.69, 9.17) is 0 Å². The summed E-state index contributed by atoms with van der Waals surface area (Å²) >= 11 is 1.52. The number of nitrogens with one attached hydrogen (secondary N) is 2. The zero-order chi connectivity index (χ0) is 17.5. The van der Waals surface area contributed by atoms with Crippen LogP contribution < -0.4 is 4.72 Å². The number of thiophene rings is 1. The maximum absolute atomic E-state index is 13.1. The lowest BCUT2D eigenvalue weighted by Gasteiger charge is -2.26. The molecule has 0 radical (unpaired) electrons. The van der Waals surface area contributed by atoms with Crippen LogP contribution in [-0.2, 0) is 10.0 Å². The molecule has 1 fully saturated rings. The molecule has 2 aromatic rings. The quantitative estimate of drug-likeness (QED) is 0.860. The molecule has 0 unspecified atom stereocenters. The van der Waals surface area contributed by atoms with Gasteiger partial charge >= 0.3 is 0 Å². The Kier molecular flexibility index (Phi) is 4.86. The Hall–Kier alpha value is -1.18. The number of H-pyrrole nitrogens is 1. The number of aromatic nitrogens is 2. The van der Waals surface area contributed by atoms with Gasteiger partial charge in [0.2, 0.25) is 10.0 Å². The van der Waals surface area contributed by atoms with Crippen molar-refractivity contribution in [3.8, 4) is 11.3 Å². The molecule has 5 nitrogen and oxygen atoms in total. The average Bonchev–Trinajstić information content (AvgIpc) is 3.04. The zero-order valence-electron chi connectivity index (χ0n) is 14.6. The van der Waals surface area contributed by atoms with E-state index in [-0.39, 0.29) is 6.04 Å². The lowest BCUT2D eigenvalue weighted by molar-refractivity contribution is 0.332. The Morgan fingerprint density at radius 3 is 2.42 bits per heavy atom. The van der Waals surface area contributed by atoms with Crippen molar-refractivity contribution in [1.29, 1.82) is 0 Å². The van der Waals surface area contributed by atoms with Gasteiger partial charge in [0.15, 0.2) is 0 Å². The average molecular weight is 368 g/mol. The predicted molar refractivity (Wildman–Crippen MR) is 97.9 cm³/mol. The fourth-order valence-corrected chi connectivity index (χ4v) is 6.66. The maximum Gasteiger partial charge on any atom is 0.242 e. The lowest BCUT2D eigenvalue weighted by Crippen LogP contribution is -2.37. The van der Waals surface area contributed by atoms with Crippen molar-refractivity contribution in [2.24, 2.45) is 5.92 Å². The van der Waals surface area contributed by atoms with Crippen LogP contribution in [0.4, 0.5) is 0 Å². The first kappa shape index (κ1) is 17.6. The van der Waals surface area contributed by atoms with Gasteiger partial charge in [-0.15, -0.1) is 11.3 Å². The Morgan fingerprint density at radius 1 is 1.17 bits per heavy atom. The number of rotatable bonds is 4. The Labute approximate surface area is 147 Å². The van der Waals surface area contributed by atoms with Crippen molar-refractivity contribution in [3.05, 3.63) is 21.5 Å². The fourth-order valence-electron chi connectivity index (χ4n) is 3.49. The molecular weight excluding hydrogens is 342 g/mol. The van der Waals surface area contributed by atoms with Gasteiger partial charge in [0.05, 0.1) is 5.69 Å². The van der Waals surface area contributed by atoms with Gasteiger partial charge in [-0.05, 0) is 58.4 Å². The van der Waals surface area contributed by atoms with E-state index in [0.29, 0.717) is 16.5 Å². The third kappa shape index (κ3) is 3.43. The van der Waals surface area contributed by atoms with Gasteiger partial charge in [-0.25, -0.2) is 13.1 Å². The molecule has 24 heavy (non-hydrogen) atoms. The number of aromatic amines is 1. The summed E-state index contributed by atoms with van der Waals surface area (Å²) in [6.45, 7) is 7.98. The molecule has 1 aliphatic carbocycles. The molecule has 0 bridgehead atoms. The van der Waals surface area contributed by atoms with E-state index in [1.54, 1.807) is 0 Å². The van der Waals surface area contributed by atoms with Crippen molar-refractivity contribution < 1.29 is 8.42 Å². The van der Waals surface area contributed by atoms with E-state index < -0.39 is 10.0 Å². The first-order valence-electron chi connectivity index (χ1n) is 8.42. The topological polar surface area (TPSA) is 74.8 Å². The first-order valence-corrected chi connectivity index (χ1v) is 10.7. The van der Waals surface area contributed by atoms with Crippen LogP contribution in [0.15, 0.2) is 11.0 Å². The van der Waals surface area contributed by atoms with Crippen LogP contribution in [0, 0.1) is 26.7 Å². The minimum absolute atomic E-state index is 0.0413. The molecule has 1 aliphatic rings. The monoisotopic (exact) mass is 367 g/mol. The van der Waals surface area contributed by atoms with Crippen molar-refractivity contribution in [2.75, 3.05) is 0 Å². The highest BCUT2D eigenvalue weighted by Crippen LogP contribution is 2.38. The van der Waals surface area contributed by atoms with Crippen LogP contribution in [-0.4, -0.2) is 24.7 Å². The fraction of sp³-hybridized carbons (Fsp3) is 0.588. The number of nitrogens with zero attached hydrogens (tertiary/aromatic N) is 1. The van der Waals surface area contributed by atoms with Gasteiger partial charge in [-0.1, -0.05) is 6.92 Å². The Bertz CT molecular complexity index is 828. The number of hydrogen-bond donors (Lipinski definition) is 2. The Balaban J connectivity index is 1.96. The van der Waals surface area contributed by atoms with E-state index in [0.717, 1.165) is 46.7 Å². The van der Waals surface area contributed by atoms with Gasteiger partial charge < -0.3 is 0 Å². The predicted octanol–water partition coefficient (Wildman–Crippen LogP) is 3.92. The van der Waals surface area contributed by atoms with Crippen LogP contribution in [0.3, 0.4) is 0 Å². The Morgan fingerprint density at radius 2 is 1.83 bits per heavy atom. The smallest absolute Gasteiger partial charge is 0.242 e. The third-order valence-corrected chi connectivity index (χ3v) is 7.61. The molecule has 2 heterocycles. The highest BCUT2D eigenvalue weighted by atomic mass is 32.2. The molecule has 132 valence electrons. The van der Waals surface area contributed by atoms with Crippen LogP contribution in [0.5, 0.6) is 0 Å². The van der Waals surface area contributed by atoms with Crippen molar-refractivity contribution in [2.45, 2.75) is 64.3 Å². The molecule has 1 saturated carbocycles. The minimum atomic E-state index is -3.55. The second kappa shape index (κ2) is 6.61. The molecule has 0 atom stereocenters. The molecule has 0 aromatic carbocycles. The molecule has 0 amide bonds. The molecular formula is C17H25N3O2S2. The summed E-state index contributed by atoms with van der Waals surface area (Å²) < 4.78 is 29.1. The summed E-state index contributed by atoms with van der Waals surface area (Å²) in [6.07, 6.45) is 4.00. The number of aryl methyl sites for hydroxylation is 3. The van der Waals surface area contributed by atoms with Gasteiger partial charge in [-0.3, -0.25) is 5.10 Å². The molecule has 2 N–H and O–H groups in total. The third-order valence-electron chi connectivity index (χ3n) is 4.77. The molecule has 7 heteroatoms. The van der Waals surface area contributed by atoms with Crippen LogP contribution in [0.2, 0.25) is 0 Å². The van der Waals surface area contributed by atoms with E-state index in [9.17, 15) is 8.42 Å². The van der Waals surface area contributed by atoms with Gasteiger partial charge in [0, 0.05) is 27.1 Å². The molecule has 0 aliphatic heterocycles. The summed E-state index contributed by atoms with van der Waals surface area (Å²) in [6, 6.07) is 1.94. The lowest BCUT2D eigenvalue weighted by atomic mass is 9.88. The summed E-state index contributed by atoms with van der Waals surface area (Å²) in [5.74, 6) is 0.693. The summed E-state index contributed by atoms with van der Waals surface area (Å²) in [5.41, 5.74) is 2.36. The maximum atomic E-state index is 13.1. The molecule has 2 aromatic heterocycles. The summed E-state index contributed by atoms with van der Waals surface area (Å²) in [4.78, 5) is 2.20. The minimum Gasteiger partial charge on any atom is -0.282 e. The summed E-state index contributed by atoms with van der Waals surface area (Å²) in [7, 11) is -3.55. The number of sulfonamides is 1. The van der Waals surface area contributed by atoms with E-state index in [1.807, 2.05) is 26.8 Å². The molecule has 0 saturated heterocycles. The first-order chi connectivity index (χ1) is 11.3. The molecule has 3 rings (SSSR count). The van der Waals surface area contributed by atoms with Crippen LogP contribution in [0.25, 0.3) is 11.3 Å². The van der Waals surface area contributed by atoms with Gasteiger partial charge in [0.25, 0.3) is 0 Å². The second-order valence-corrected chi connectivity index (χ2v) is 10.0. The zero-order valence-corrected chi connectivity index (χ0v) is 16.3. The van der Waals surface area contributed by atoms with Crippen LogP contribution >= 0.6 is 11.3 Å². The van der Waals surface area contributed by atoms with Gasteiger partial charge in [0.1, 0.15) is 4.90 Å². The largest absolute Gasteiger partial charge is 0.282 e. The number of hydrogen-bond acceptors (Lipinski definition) is 4. The normalized spacial score (nSPS) is 22.0. The van der Waals surface area contributed by atoms with E-state index in [2.05, 4.69) is 21.8 Å². The highest BCUT2D eigenvalue weighted by molar-refractivity contribution is 7.89. The molecule has 0 spiro atoms. The van der Waals surface area contributed by atoms with E-state index in [1.165, 1.54) is 11.3 Å². The SMILES string of the molecule is Cc1cc(-c2c(C)sc(C)c2S(=O)(=O)NC2CCC(C)CC2)n[nH]1. The van der Waals surface area contributed by atoms with Crippen molar-refractivity contribution >= 4 is 21.4 Å². The highest BCUT2D eigenvalue weighted by Gasteiger charge is 2.30.